The summed E-state index contributed by atoms with van der Waals surface area (Å²) in [6, 6.07) is 8.47. The second-order valence-corrected chi connectivity index (χ2v) is 14.8. The Labute approximate surface area is 306 Å². The first-order valence-corrected chi connectivity index (χ1v) is 18.3. The van der Waals surface area contributed by atoms with E-state index in [1.807, 2.05) is 29.8 Å². The van der Waals surface area contributed by atoms with E-state index in [1.54, 1.807) is 53.5 Å². The van der Waals surface area contributed by atoms with Gasteiger partial charge in [0.25, 0.3) is 0 Å². The van der Waals surface area contributed by atoms with Gasteiger partial charge in [0, 0.05) is 50.8 Å². The topological polar surface area (TPSA) is 145 Å². The summed E-state index contributed by atoms with van der Waals surface area (Å²) < 4.78 is 32.6. The van der Waals surface area contributed by atoms with Gasteiger partial charge in [-0.2, -0.15) is 0 Å². The van der Waals surface area contributed by atoms with Gasteiger partial charge in [-0.25, -0.2) is 33.5 Å². The first kappa shape index (κ1) is 39.4. The predicted octanol–water partition coefficient (Wildman–Crippen LogP) is 6.82. The summed E-state index contributed by atoms with van der Waals surface area (Å²) in [5, 5.41) is 5.68. The predicted molar refractivity (Wildman–Crippen MR) is 199 cm³/mol. The molecule has 1 N–H and O–H groups in total. The lowest BCUT2D eigenvalue weighted by molar-refractivity contribution is 0.0253. The maximum Gasteiger partial charge on any atom is 0.420 e. The zero-order chi connectivity index (χ0) is 37.2. The van der Waals surface area contributed by atoms with Gasteiger partial charge in [0.2, 0.25) is 0 Å². The van der Waals surface area contributed by atoms with E-state index < -0.39 is 29.2 Å². The Hall–Kier alpha value is -4.41. The molecule has 0 aliphatic heterocycles. The number of hydrogen-bond donors (Lipinski definition) is 1. The maximum atomic E-state index is 14.2. The van der Waals surface area contributed by atoms with Gasteiger partial charge in [0.15, 0.2) is 5.84 Å². The van der Waals surface area contributed by atoms with Gasteiger partial charge in [0.05, 0.1) is 34.9 Å². The number of benzene rings is 1. The molecule has 0 bridgehead atoms. The van der Waals surface area contributed by atoms with Crippen molar-refractivity contribution in [2.24, 2.45) is 9.98 Å². The summed E-state index contributed by atoms with van der Waals surface area (Å²) in [5.74, 6) is 0.421. The molecule has 0 atom stereocenters. The Bertz CT molecular complexity index is 1860. The molecule has 0 radical (unpaired) electrons. The van der Waals surface area contributed by atoms with Crippen LogP contribution in [0, 0.1) is 5.82 Å². The quantitative estimate of drug-likeness (QED) is 0.0881. The molecule has 4 rings (SSSR count). The van der Waals surface area contributed by atoms with Crippen LogP contribution in [-0.2, 0) is 39.7 Å². The molecule has 0 spiro atoms. The van der Waals surface area contributed by atoms with E-state index in [-0.39, 0.29) is 31.7 Å². The highest BCUT2D eigenvalue weighted by Crippen LogP contribution is 2.23. The van der Waals surface area contributed by atoms with Crippen molar-refractivity contribution in [1.82, 2.24) is 29.7 Å². The molecule has 1 amide bonds. The van der Waals surface area contributed by atoms with Crippen LogP contribution in [0.1, 0.15) is 69.3 Å². The van der Waals surface area contributed by atoms with Crippen LogP contribution in [0.15, 0.2) is 51.9 Å². The fraction of sp³-hybridized carbons (Fsp3) is 0.457. The summed E-state index contributed by atoms with van der Waals surface area (Å²) in [6.07, 6.45) is 4.34. The number of carbonyl (C=O) groups excluding carboxylic acids is 2. The maximum absolute atomic E-state index is 14.2. The first-order chi connectivity index (χ1) is 24.2. The van der Waals surface area contributed by atoms with Crippen LogP contribution in [-0.4, -0.2) is 86.4 Å². The second kappa shape index (κ2) is 17.7. The number of amidine groups is 1. The fourth-order valence-corrected chi connectivity index (χ4v) is 5.75. The number of thiazole rings is 1. The van der Waals surface area contributed by atoms with Crippen LogP contribution in [0.5, 0.6) is 0 Å². The number of rotatable bonds is 13. The molecule has 0 unspecified atom stereocenters. The van der Waals surface area contributed by atoms with Crippen molar-refractivity contribution in [2.45, 2.75) is 78.7 Å². The number of carbonyl (C=O) groups is 2. The van der Waals surface area contributed by atoms with E-state index in [0.717, 1.165) is 10.6 Å². The summed E-state index contributed by atoms with van der Waals surface area (Å²) in [4.78, 5) is 50.4. The highest BCUT2D eigenvalue weighted by Gasteiger charge is 2.26. The van der Waals surface area contributed by atoms with Crippen LogP contribution < -0.4 is 5.32 Å². The third kappa shape index (κ3) is 11.8. The largest absolute Gasteiger partial charge is 0.444 e. The Kier molecular flexibility index (Phi) is 13.7. The molecule has 1 aromatic carbocycles. The third-order valence-electron chi connectivity index (χ3n) is 6.92. The van der Waals surface area contributed by atoms with Crippen molar-refractivity contribution in [3.8, 4) is 0 Å². The Morgan fingerprint density at radius 1 is 1.08 bits per heavy atom. The number of nitrogens with zero attached hydrogens (tertiary/aromatic N) is 7. The lowest BCUT2D eigenvalue weighted by atomic mass is 10.2. The van der Waals surface area contributed by atoms with E-state index in [0.29, 0.717) is 41.4 Å². The zero-order valence-corrected chi connectivity index (χ0v) is 31.9. The van der Waals surface area contributed by atoms with E-state index >= 15 is 0 Å². The average Bonchev–Trinajstić information content (AvgIpc) is 3.67. The number of aliphatic imine (C=N–C) groups is 2. The van der Waals surface area contributed by atoms with E-state index in [4.69, 9.17) is 23.6 Å². The van der Waals surface area contributed by atoms with E-state index in [2.05, 4.69) is 20.3 Å². The second-order valence-electron chi connectivity index (χ2n) is 13.3. The van der Waals surface area contributed by atoms with Gasteiger partial charge in [-0.15, -0.1) is 11.3 Å². The smallest absolute Gasteiger partial charge is 0.420 e. The molecule has 0 saturated carbocycles. The molecule has 0 aliphatic rings. The molecular formula is C35H45FN8O5S2. The molecule has 4 aromatic rings. The first-order valence-electron chi connectivity index (χ1n) is 16.3. The number of aromatic nitrogens is 4. The highest BCUT2D eigenvalue weighted by molar-refractivity contribution is 7.93. The third-order valence-corrected chi connectivity index (χ3v) is 8.18. The monoisotopic (exact) mass is 740 g/mol. The van der Waals surface area contributed by atoms with Gasteiger partial charge in [-0.3, -0.25) is 9.98 Å². The summed E-state index contributed by atoms with van der Waals surface area (Å²) >= 11 is 2.67. The van der Waals surface area contributed by atoms with E-state index in [9.17, 15) is 14.0 Å². The Morgan fingerprint density at radius 2 is 1.82 bits per heavy atom. The Morgan fingerprint density at radius 3 is 2.51 bits per heavy atom. The van der Waals surface area contributed by atoms with Crippen LogP contribution >= 0.6 is 23.4 Å². The lowest BCUT2D eigenvalue weighted by Crippen LogP contribution is -2.39. The van der Waals surface area contributed by atoms with Crippen molar-refractivity contribution < 1.29 is 27.6 Å². The van der Waals surface area contributed by atoms with Crippen molar-refractivity contribution in [3.63, 3.8) is 0 Å². The molecular weight excluding hydrogens is 696 g/mol. The number of amides is 1. The number of ether oxygens (including phenoxy) is 2. The molecule has 3 aromatic heterocycles. The minimum Gasteiger partial charge on any atom is -0.444 e. The van der Waals surface area contributed by atoms with Crippen molar-refractivity contribution >= 4 is 58.8 Å². The van der Waals surface area contributed by atoms with Crippen molar-refractivity contribution in [2.75, 3.05) is 26.4 Å². The van der Waals surface area contributed by atoms with Gasteiger partial charge < -0.3 is 23.9 Å². The van der Waals surface area contributed by atoms with E-state index in [1.165, 1.54) is 52.6 Å². The molecule has 3 heterocycles. The normalized spacial score (nSPS) is 12.5. The lowest BCUT2D eigenvalue weighted by Gasteiger charge is -2.27. The minimum atomic E-state index is -0.732. The molecule has 0 aliphatic carbocycles. The van der Waals surface area contributed by atoms with Gasteiger partial charge in [0.1, 0.15) is 34.9 Å². The van der Waals surface area contributed by atoms with Gasteiger partial charge in [-0.05, 0) is 83.4 Å². The summed E-state index contributed by atoms with van der Waals surface area (Å²) in [6.45, 7) is 11.8. The van der Waals surface area contributed by atoms with Crippen LogP contribution in [0.25, 0.3) is 11.0 Å². The van der Waals surface area contributed by atoms with Crippen LogP contribution in [0.4, 0.5) is 14.0 Å². The van der Waals surface area contributed by atoms with Crippen molar-refractivity contribution in [1.29, 1.82) is 0 Å². The highest BCUT2D eigenvalue weighted by atomic mass is 32.2. The van der Waals surface area contributed by atoms with Gasteiger partial charge in [-0.1, -0.05) is 6.07 Å². The number of nitrogens with one attached hydrogen (secondary N) is 1. The van der Waals surface area contributed by atoms with Gasteiger partial charge >= 0.3 is 12.2 Å². The SMILES string of the molecule is C/N=C\N=C(\NCc1ncccc1F)c1csc(CCN(CCc2nc3cc(COSC)ccc3n2C(=O)OC(C)(C)C)C(=O)OC(C)(C)C)n1. The number of imidazole rings is 1. The standard InChI is InChI=1S/C35H45FN8O5S2/c1-34(2,3)48-32(45)43(17-14-30-42-27(21-51-30)31(40-22-37-7)39-19-26-24(36)10-9-15-38-26)16-13-29-41-25-18-23(20-47-50-8)11-12-28(25)44(29)33(46)49-35(4,5)6/h9-12,15,18,21-22H,13-14,16-17,19-20H2,1-8H3,(H,37,39,40). The number of hydrogen-bond acceptors (Lipinski definition) is 11. The van der Waals surface area contributed by atoms with Crippen LogP contribution in [0.2, 0.25) is 0 Å². The zero-order valence-electron chi connectivity index (χ0n) is 30.2. The fourth-order valence-electron chi connectivity index (χ4n) is 4.73. The van der Waals surface area contributed by atoms with Crippen LogP contribution in [0.3, 0.4) is 0 Å². The molecule has 16 heteroatoms. The number of pyridine rings is 1. The number of fused-ring (bicyclic) bond motifs is 1. The molecule has 0 fully saturated rings. The molecule has 0 saturated heterocycles. The van der Waals surface area contributed by atoms with Crippen molar-refractivity contribution in [3.05, 3.63) is 75.5 Å². The molecule has 51 heavy (non-hydrogen) atoms. The summed E-state index contributed by atoms with van der Waals surface area (Å²) in [5.41, 5.74) is 1.44. The molecule has 13 nitrogen and oxygen atoms in total. The summed E-state index contributed by atoms with van der Waals surface area (Å²) in [7, 11) is 1.60. The average molecular weight is 741 g/mol. The molecule has 274 valence electrons. The minimum absolute atomic E-state index is 0.101. The Balaban J connectivity index is 1.55. The number of halogens is 1.